The molecule has 130 valence electrons. The monoisotopic (exact) mass is 377 g/mol. The Morgan fingerprint density at radius 2 is 2.12 bits per heavy atom. The Morgan fingerprint density at radius 3 is 2.84 bits per heavy atom. The molecule has 6 nitrogen and oxygen atoms in total. The number of nitrogens with one attached hydrogen (secondary N) is 1. The maximum absolute atomic E-state index is 12.1. The molecule has 0 spiro atoms. The molecular formula is C17H16ClN3O3S. The predicted molar refractivity (Wildman–Crippen MR) is 95.5 cm³/mol. The van der Waals surface area contributed by atoms with Gasteiger partial charge in [0.25, 0.3) is 11.1 Å². The highest BCUT2D eigenvalue weighted by Crippen LogP contribution is 2.26. The Bertz CT molecular complexity index is 877. The largest absolute Gasteiger partial charge is 0.469 e. The molecule has 2 aromatic heterocycles. The topological polar surface area (TPSA) is 81.2 Å². The van der Waals surface area contributed by atoms with E-state index in [0.717, 1.165) is 11.1 Å². The molecule has 3 aromatic rings. The summed E-state index contributed by atoms with van der Waals surface area (Å²) in [5, 5.41) is 11.8. The van der Waals surface area contributed by atoms with Crippen LogP contribution < -0.4 is 5.32 Å². The maximum Gasteiger partial charge on any atom is 0.277 e. The Kier molecular flexibility index (Phi) is 5.45. The molecule has 0 fully saturated rings. The third kappa shape index (κ3) is 4.24. The van der Waals surface area contributed by atoms with E-state index in [-0.39, 0.29) is 17.7 Å². The highest BCUT2D eigenvalue weighted by Gasteiger charge is 2.16. The summed E-state index contributed by atoms with van der Waals surface area (Å²) in [5.74, 6) is 1.10. The van der Waals surface area contributed by atoms with Crippen molar-refractivity contribution in [3.05, 3.63) is 52.9 Å². The number of amides is 1. The minimum absolute atomic E-state index is 0.142. The average molecular weight is 378 g/mol. The fraction of sp³-hybridized carbons (Fsp3) is 0.235. The maximum atomic E-state index is 12.1. The highest BCUT2D eigenvalue weighted by atomic mass is 35.5. The van der Waals surface area contributed by atoms with Crippen molar-refractivity contribution in [2.45, 2.75) is 25.1 Å². The smallest absolute Gasteiger partial charge is 0.277 e. The first-order valence-corrected chi connectivity index (χ1v) is 8.95. The van der Waals surface area contributed by atoms with Crippen LogP contribution in [0.2, 0.25) is 5.02 Å². The van der Waals surface area contributed by atoms with Gasteiger partial charge in [-0.25, -0.2) is 0 Å². The van der Waals surface area contributed by atoms with Crippen molar-refractivity contribution in [3.8, 4) is 11.5 Å². The zero-order chi connectivity index (χ0) is 17.8. The lowest BCUT2D eigenvalue weighted by atomic mass is 10.1. The molecule has 1 atom stereocenters. The Balaban J connectivity index is 1.55. The summed E-state index contributed by atoms with van der Waals surface area (Å²) in [4.78, 5) is 12.1. The van der Waals surface area contributed by atoms with E-state index in [2.05, 4.69) is 15.5 Å². The first kappa shape index (κ1) is 17.6. The van der Waals surface area contributed by atoms with E-state index in [1.165, 1.54) is 11.8 Å². The lowest BCUT2D eigenvalue weighted by Crippen LogP contribution is -2.28. The summed E-state index contributed by atoms with van der Waals surface area (Å²) in [6.45, 7) is 3.70. The first-order chi connectivity index (χ1) is 12.0. The van der Waals surface area contributed by atoms with Gasteiger partial charge in [-0.15, -0.1) is 10.2 Å². The summed E-state index contributed by atoms with van der Waals surface area (Å²) < 4.78 is 10.8. The molecule has 1 N–H and O–H groups in total. The molecule has 25 heavy (non-hydrogen) atoms. The van der Waals surface area contributed by atoms with Gasteiger partial charge in [-0.1, -0.05) is 41.6 Å². The second kappa shape index (κ2) is 7.76. The standard InChI is InChI=1S/C17H16ClN3O3S/c1-10(12-5-3-4-6-14(12)18)19-15(22)9-25-17-21-20-16(24-17)13-7-8-23-11(13)2/h3-8,10H,9H2,1-2H3,(H,19,22). The third-order valence-electron chi connectivity index (χ3n) is 3.57. The lowest BCUT2D eigenvalue weighted by molar-refractivity contribution is -0.119. The summed E-state index contributed by atoms with van der Waals surface area (Å²) in [7, 11) is 0. The number of aryl methyl sites for hydroxylation is 1. The van der Waals surface area contributed by atoms with Crippen LogP contribution in [0.25, 0.3) is 11.5 Å². The van der Waals surface area contributed by atoms with Crippen LogP contribution in [0.5, 0.6) is 0 Å². The molecule has 0 aliphatic heterocycles. The number of furan rings is 1. The third-order valence-corrected chi connectivity index (χ3v) is 4.73. The van der Waals surface area contributed by atoms with Gasteiger partial charge in [0.2, 0.25) is 5.91 Å². The predicted octanol–water partition coefficient (Wildman–Crippen LogP) is 4.26. The van der Waals surface area contributed by atoms with E-state index < -0.39 is 0 Å². The molecule has 1 amide bonds. The van der Waals surface area contributed by atoms with Gasteiger partial charge in [0.05, 0.1) is 23.6 Å². The van der Waals surface area contributed by atoms with Gasteiger partial charge in [-0.2, -0.15) is 0 Å². The number of hydrogen-bond acceptors (Lipinski definition) is 6. The first-order valence-electron chi connectivity index (χ1n) is 7.59. The van der Waals surface area contributed by atoms with Crippen LogP contribution in [0.1, 0.15) is 24.3 Å². The SMILES string of the molecule is Cc1occc1-c1nnc(SCC(=O)NC(C)c2ccccc2Cl)o1. The number of rotatable bonds is 6. The summed E-state index contributed by atoms with van der Waals surface area (Å²) in [5.41, 5.74) is 1.62. The van der Waals surface area contributed by atoms with Crippen molar-refractivity contribution in [2.24, 2.45) is 0 Å². The molecule has 0 saturated carbocycles. The Hall–Kier alpha value is -2.25. The molecule has 1 unspecified atom stereocenters. The number of hydrogen-bond donors (Lipinski definition) is 1. The second-order valence-electron chi connectivity index (χ2n) is 5.36. The summed E-state index contributed by atoms with van der Waals surface area (Å²) in [6.07, 6.45) is 1.56. The lowest BCUT2D eigenvalue weighted by Gasteiger charge is -2.15. The molecule has 2 heterocycles. The number of thioether (sulfide) groups is 1. The molecule has 3 rings (SSSR count). The fourth-order valence-electron chi connectivity index (χ4n) is 2.30. The van der Waals surface area contributed by atoms with E-state index >= 15 is 0 Å². The Labute approximate surface area is 154 Å². The minimum Gasteiger partial charge on any atom is -0.469 e. The van der Waals surface area contributed by atoms with Gasteiger partial charge in [0.15, 0.2) is 0 Å². The number of nitrogens with zero attached hydrogens (tertiary/aromatic N) is 2. The number of halogens is 1. The van der Waals surface area contributed by atoms with Gasteiger partial charge < -0.3 is 14.2 Å². The summed E-state index contributed by atoms with van der Waals surface area (Å²) >= 11 is 7.32. The van der Waals surface area contributed by atoms with Crippen molar-refractivity contribution in [1.82, 2.24) is 15.5 Å². The van der Waals surface area contributed by atoms with Gasteiger partial charge >= 0.3 is 0 Å². The molecular weight excluding hydrogens is 362 g/mol. The van der Waals surface area contributed by atoms with Crippen LogP contribution in [0.4, 0.5) is 0 Å². The van der Waals surface area contributed by atoms with Gasteiger partial charge in [-0.3, -0.25) is 4.79 Å². The molecule has 0 aliphatic carbocycles. The van der Waals surface area contributed by atoms with E-state index in [1.54, 1.807) is 18.4 Å². The zero-order valence-electron chi connectivity index (χ0n) is 13.7. The van der Waals surface area contributed by atoms with E-state index in [4.69, 9.17) is 20.4 Å². The van der Waals surface area contributed by atoms with Crippen LogP contribution in [0.15, 0.2) is 50.7 Å². The quantitative estimate of drug-likeness (QED) is 0.646. The molecule has 0 aliphatic rings. The van der Waals surface area contributed by atoms with E-state index in [0.29, 0.717) is 21.9 Å². The van der Waals surface area contributed by atoms with Crippen molar-refractivity contribution in [3.63, 3.8) is 0 Å². The Morgan fingerprint density at radius 1 is 1.32 bits per heavy atom. The molecule has 0 saturated heterocycles. The van der Waals surface area contributed by atoms with Crippen LogP contribution in [0.3, 0.4) is 0 Å². The summed E-state index contributed by atoms with van der Waals surface area (Å²) in [6, 6.07) is 9.00. The van der Waals surface area contributed by atoms with Crippen LogP contribution in [-0.4, -0.2) is 21.9 Å². The fourth-order valence-corrected chi connectivity index (χ4v) is 3.17. The van der Waals surface area contributed by atoms with Crippen molar-refractivity contribution in [2.75, 3.05) is 5.75 Å². The number of benzene rings is 1. The van der Waals surface area contributed by atoms with Crippen LogP contribution in [-0.2, 0) is 4.79 Å². The van der Waals surface area contributed by atoms with Crippen LogP contribution in [0, 0.1) is 6.92 Å². The van der Waals surface area contributed by atoms with Crippen LogP contribution >= 0.6 is 23.4 Å². The highest BCUT2D eigenvalue weighted by molar-refractivity contribution is 7.99. The van der Waals surface area contributed by atoms with Crippen molar-refractivity contribution >= 4 is 29.3 Å². The van der Waals surface area contributed by atoms with E-state index in [1.807, 2.05) is 32.0 Å². The number of aromatic nitrogens is 2. The minimum atomic E-state index is -0.186. The molecule has 8 heteroatoms. The normalized spacial score (nSPS) is 12.1. The van der Waals surface area contributed by atoms with Crippen molar-refractivity contribution < 1.29 is 13.6 Å². The van der Waals surface area contributed by atoms with Gasteiger partial charge in [-0.05, 0) is 31.5 Å². The molecule has 0 radical (unpaired) electrons. The van der Waals surface area contributed by atoms with Gasteiger partial charge in [0, 0.05) is 5.02 Å². The van der Waals surface area contributed by atoms with Gasteiger partial charge in [0.1, 0.15) is 5.76 Å². The van der Waals surface area contributed by atoms with Crippen molar-refractivity contribution in [1.29, 1.82) is 0 Å². The number of carbonyl (C=O) groups excluding carboxylic acids is 1. The second-order valence-corrected chi connectivity index (χ2v) is 6.70. The number of carbonyl (C=O) groups is 1. The zero-order valence-corrected chi connectivity index (χ0v) is 15.2. The average Bonchev–Trinajstić information content (AvgIpc) is 3.21. The van der Waals surface area contributed by atoms with E-state index in [9.17, 15) is 4.79 Å². The molecule has 1 aromatic carbocycles. The molecule has 0 bridgehead atoms.